The van der Waals surface area contributed by atoms with Crippen molar-refractivity contribution in [3.8, 4) is 0 Å². The van der Waals surface area contributed by atoms with E-state index in [2.05, 4.69) is 5.32 Å². The first-order valence-corrected chi connectivity index (χ1v) is 6.91. The number of hydrogen-bond donors (Lipinski definition) is 1. The molecule has 1 aliphatic carbocycles. The van der Waals surface area contributed by atoms with Crippen LogP contribution in [0.3, 0.4) is 0 Å². The molecule has 0 spiro atoms. The quantitative estimate of drug-likeness (QED) is 0.848. The molecule has 1 nitrogen and oxygen atoms in total. The fourth-order valence-electron chi connectivity index (χ4n) is 3.00. The first-order chi connectivity index (χ1) is 8.74. The summed E-state index contributed by atoms with van der Waals surface area (Å²) in [6.07, 6.45) is 5.71. The van der Waals surface area contributed by atoms with Crippen LogP contribution in [-0.4, -0.2) is 6.54 Å². The van der Waals surface area contributed by atoms with Crippen LogP contribution in [0.15, 0.2) is 18.2 Å². The van der Waals surface area contributed by atoms with E-state index in [0.717, 1.165) is 19.4 Å². The lowest BCUT2D eigenvalue weighted by Gasteiger charge is -2.31. The zero-order valence-corrected chi connectivity index (χ0v) is 10.9. The van der Waals surface area contributed by atoms with E-state index < -0.39 is 11.6 Å². The van der Waals surface area contributed by atoms with Crippen LogP contribution in [0.2, 0.25) is 0 Å². The SMILES string of the molecule is CCNC(c1c(F)cccc1F)C1CCCCC1. The highest BCUT2D eigenvalue weighted by atomic mass is 19.1. The van der Waals surface area contributed by atoms with E-state index in [4.69, 9.17) is 0 Å². The second-order valence-electron chi connectivity index (χ2n) is 5.07. The average molecular weight is 253 g/mol. The lowest BCUT2D eigenvalue weighted by Crippen LogP contribution is -2.31. The molecule has 0 heterocycles. The fraction of sp³-hybridized carbons (Fsp3) is 0.600. The highest BCUT2D eigenvalue weighted by molar-refractivity contribution is 5.24. The van der Waals surface area contributed by atoms with Gasteiger partial charge >= 0.3 is 0 Å². The minimum atomic E-state index is -0.425. The van der Waals surface area contributed by atoms with Crippen molar-refractivity contribution in [3.05, 3.63) is 35.4 Å². The summed E-state index contributed by atoms with van der Waals surface area (Å²) in [6.45, 7) is 2.71. The van der Waals surface area contributed by atoms with Crippen molar-refractivity contribution in [1.29, 1.82) is 0 Å². The van der Waals surface area contributed by atoms with Gasteiger partial charge in [0.15, 0.2) is 0 Å². The van der Waals surface area contributed by atoms with E-state index in [1.54, 1.807) is 0 Å². The number of rotatable bonds is 4. The van der Waals surface area contributed by atoms with Crippen molar-refractivity contribution in [3.63, 3.8) is 0 Å². The first-order valence-electron chi connectivity index (χ1n) is 6.91. The highest BCUT2D eigenvalue weighted by Gasteiger charge is 2.28. The summed E-state index contributed by atoms with van der Waals surface area (Å²) in [5, 5.41) is 3.27. The Morgan fingerprint density at radius 2 is 1.78 bits per heavy atom. The second kappa shape index (κ2) is 6.28. The van der Waals surface area contributed by atoms with E-state index in [0.29, 0.717) is 5.92 Å². The van der Waals surface area contributed by atoms with Gasteiger partial charge in [0.1, 0.15) is 11.6 Å². The Morgan fingerprint density at radius 3 is 2.33 bits per heavy atom. The van der Waals surface area contributed by atoms with Crippen molar-refractivity contribution in [1.82, 2.24) is 5.32 Å². The van der Waals surface area contributed by atoms with Crippen LogP contribution >= 0.6 is 0 Å². The van der Waals surface area contributed by atoms with Crippen LogP contribution in [0.5, 0.6) is 0 Å². The summed E-state index contributed by atoms with van der Waals surface area (Å²) < 4.78 is 27.8. The predicted octanol–water partition coefficient (Wildman–Crippen LogP) is 4.20. The standard InChI is InChI=1S/C15H21F2N/c1-2-18-15(11-7-4-3-5-8-11)14-12(16)9-6-10-13(14)17/h6,9-11,15,18H,2-5,7-8H2,1H3. The van der Waals surface area contributed by atoms with Gasteiger partial charge < -0.3 is 5.32 Å². The van der Waals surface area contributed by atoms with Crippen LogP contribution < -0.4 is 5.32 Å². The molecule has 1 aromatic carbocycles. The summed E-state index contributed by atoms with van der Waals surface area (Å²) in [4.78, 5) is 0. The molecular formula is C15H21F2N. The molecule has 1 unspecified atom stereocenters. The lowest BCUT2D eigenvalue weighted by atomic mass is 9.81. The first kappa shape index (κ1) is 13.5. The maximum atomic E-state index is 13.9. The van der Waals surface area contributed by atoms with Crippen LogP contribution in [0.1, 0.15) is 50.6 Å². The third-order valence-corrected chi connectivity index (χ3v) is 3.86. The molecule has 1 aliphatic rings. The smallest absolute Gasteiger partial charge is 0.130 e. The molecule has 1 fully saturated rings. The van der Waals surface area contributed by atoms with E-state index in [1.807, 2.05) is 6.92 Å². The number of halogens is 2. The van der Waals surface area contributed by atoms with Crippen molar-refractivity contribution < 1.29 is 8.78 Å². The van der Waals surface area contributed by atoms with E-state index in [1.165, 1.54) is 37.5 Å². The molecule has 0 aliphatic heterocycles. The zero-order chi connectivity index (χ0) is 13.0. The Kier molecular flexibility index (Phi) is 4.70. The Hall–Kier alpha value is -0.960. The van der Waals surface area contributed by atoms with Gasteiger partial charge in [0.2, 0.25) is 0 Å². The summed E-state index contributed by atoms with van der Waals surface area (Å²) >= 11 is 0. The Balaban J connectivity index is 2.28. The molecule has 2 rings (SSSR count). The molecule has 1 atom stereocenters. The molecule has 1 saturated carbocycles. The molecule has 1 aromatic rings. The molecule has 0 saturated heterocycles. The van der Waals surface area contributed by atoms with E-state index in [-0.39, 0.29) is 11.6 Å². The average Bonchev–Trinajstić information content (AvgIpc) is 2.38. The van der Waals surface area contributed by atoms with Gasteiger partial charge in [-0.1, -0.05) is 32.3 Å². The molecular weight excluding hydrogens is 232 g/mol. The second-order valence-corrected chi connectivity index (χ2v) is 5.07. The molecule has 0 bridgehead atoms. The molecule has 0 radical (unpaired) electrons. The number of nitrogens with one attached hydrogen (secondary N) is 1. The van der Waals surface area contributed by atoms with Crippen LogP contribution in [-0.2, 0) is 0 Å². The Morgan fingerprint density at radius 1 is 1.17 bits per heavy atom. The molecule has 0 aromatic heterocycles. The minimum absolute atomic E-state index is 0.184. The van der Waals surface area contributed by atoms with Gasteiger partial charge in [-0.3, -0.25) is 0 Å². The van der Waals surface area contributed by atoms with Gasteiger partial charge in [0.25, 0.3) is 0 Å². The fourth-order valence-corrected chi connectivity index (χ4v) is 3.00. The van der Waals surface area contributed by atoms with Crippen LogP contribution in [0.4, 0.5) is 8.78 Å². The van der Waals surface area contributed by atoms with Crippen molar-refractivity contribution in [2.75, 3.05) is 6.54 Å². The predicted molar refractivity (Wildman–Crippen MR) is 69.4 cm³/mol. The van der Waals surface area contributed by atoms with Crippen LogP contribution in [0, 0.1) is 17.6 Å². The van der Waals surface area contributed by atoms with Gasteiger partial charge in [0.05, 0.1) is 0 Å². The van der Waals surface area contributed by atoms with E-state index in [9.17, 15) is 8.78 Å². The largest absolute Gasteiger partial charge is 0.310 e. The third-order valence-electron chi connectivity index (χ3n) is 3.86. The summed E-state index contributed by atoms with van der Waals surface area (Å²) in [7, 11) is 0. The van der Waals surface area contributed by atoms with E-state index >= 15 is 0 Å². The molecule has 3 heteroatoms. The van der Waals surface area contributed by atoms with Gasteiger partial charge in [-0.05, 0) is 37.4 Å². The zero-order valence-electron chi connectivity index (χ0n) is 10.9. The summed E-state index contributed by atoms with van der Waals surface area (Å²) in [5.41, 5.74) is 0.228. The molecule has 18 heavy (non-hydrogen) atoms. The van der Waals surface area contributed by atoms with Crippen molar-refractivity contribution in [2.24, 2.45) is 5.92 Å². The molecule has 0 amide bonds. The van der Waals surface area contributed by atoms with Gasteiger partial charge in [-0.15, -0.1) is 0 Å². The topological polar surface area (TPSA) is 12.0 Å². The normalized spacial score (nSPS) is 18.8. The molecule has 1 N–H and O–H groups in total. The monoisotopic (exact) mass is 253 g/mol. The molecule has 100 valence electrons. The van der Waals surface area contributed by atoms with Gasteiger partial charge in [-0.25, -0.2) is 8.78 Å². The highest BCUT2D eigenvalue weighted by Crippen LogP contribution is 2.36. The van der Waals surface area contributed by atoms with Crippen LogP contribution in [0.25, 0.3) is 0 Å². The van der Waals surface area contributed by atoms with Gasteiger partial charge in [0, 0.05) is 11.6 Å². The number of hydrogen-bond acceptors (Lipinski definition) is 1. The third kappa shape index (κ3) is 2.89. The Labute approximate surface area is 108 Å². The van der Waals surface area contributed by atoms with Crippen molar-refractivity contribution in [2.45, 2.75) is 45.1 Å². The minimum Gasteiger partial charge on any atom is -0.310 e. The maximum Gasteiger partial charge on any atom is 0.130 e. The van der Waals surface area contributed by atoms with Gasteiger partial charge in [-0.2, -0.15) is 0 Å². The summed E-state index contributed by atoms with van der Waals surface area (Å²) in [6, 6.07) is 3.95. The summed E-state index contributed by atoms with van der Waals surface area (Å²) in [5.74, 6) is -0.497. The number of benzene rings is 1. The van der Waals surface area contributed by atoms with Crippen molar-refractivity contribution >= 4 is 0 Å². The maximum absolute atomic E-state index is 13.9. The Bertz CT molecular complexity index is 366. The lowest BCUT2D eigenvalue weighted by molar-refractivity contribution is 0.264.